The van der Waals surface area contributed by atoms with E-state index < -0.39 is 0 Å². The Morgan fingerprint density at radius 3 is 2.70 bits per heavy atom. The van der Waals surface area contributed by atoms with Crippen LogP contribution in [0.15, 0.2) is 18.2 Å². The van der Waals surface area contributed by atoms with Crippen molar-refractivity contribution in [2.24, 2.45) is 5.41 Å². The summed E-state index contributed by atoms with van der Waals surface area (Å²) in [5, 5.41) is 12.4. The van der Waals surface area contributed by atoms with Crippen molar-refractivity contribution in [1.82, 2.24) is 5.32 Å². The number of aromatic hydroxyl groups is 1. The lowest BCUT2D eigenvalue weighted by Gasteiger charge is -2.08. The smallest absolute Gasteiger partial charge is 0.220 e. The highest BCUT2D eigenvalue weighted by atomic mass is 16.5. The van der Waals surface area contributed by atoms with Crippen LogP contribution in [0.2, 0.25) is 0 Å². The van der Waals surface area contributed by atoms with Crippen LogP contribution in [0.1, 0.15) is 52.0 Å². The first-order chi connectivity index (χ1) is 10.8. The van der Waals surface area contributed by atoms with E-state index in [2.05, 4.69) is 37.9 Å². The van der Waals surface area contributed by atoms with Gasteiger partial charge in [-0.05, 0) is 51.3 Å². The second-order valence-corrected chi connectivity index (χ2v) is 6.54. The summed E-state index contributed by atoms with van der Waals surface area (Å²) in [6.45, 7) is 6.70. The van der Waals surface area contributed by atoms with Crippen LogP contribution in [0.3, 0.4) is 0 Å². The molecule has 0 fully saturated rings. The summed E-state index contributed by atoms with van der Waals surface area (Å²) in [5.41, 5.74) is 0.937. The Hall–Kier alpha value is -2.15. The summed E-state index contributed by atoms with van der Waals surface area (Å²) < 4.78 is 5.04. The van der Waals surface area contributed by atoms with E-state index in [0.717, 1.165) is 24.8 Å². The average Bonchev–Trinajstić information content (AvgIpc) is 2.48. The molecule has 4 heteroatoms. The lowest BCUT2D eigenvalue weighted by molar-refractivity contribution is -0.121. The lowest BCUT2D eigenvalue weighted by Crippen LogP contribution is -2.22. The SMILES string of the molecule is COc1cc(CNC(=O)CCCCC#CC(C)(C)C)ccc1O. The fraction of sp³-hybridized carbons (Fsp3) is 0.526. The third-order valence-electron chi connectivity index (χ3n) is 3.15. The van der Waals surface area contributed by atoms with Crippen molar-refractivity contribution in [3.8, 4) is 23.3 Å². The number of amides is 1. The number of ether oxygens (including phenoxy) is 1. The number of benzene rings is 1. The van der Waals surface area contributed by atoms with Gasteiger partial charge in [0.25, 0.3) is 0 Å². The van der Waals surface area contributed by atoms with Crippen molar-refractivity contribution in [2.45, 2.75) is 53.0 Å². The molecule has 1 rings (SSSR count). The Kier molecular flexibility index (Phi) is 7.47. The van der Waals surface area contributed by atoms with Gasteiger partial charge >= 0.3 is 0 Å². The number of carbonyl (C=O) groups excluding carboxylic acids is 1. The van der Waals surface area contributed by atoms with Crippen LogP contribution in [0.4, 0.5) is 0 Å². The molecule has 0 aliphatic rings. The Bertz CT molecular complexity index is 577. The van der Waals surface area contributed by atoms with E-state index in [4.69, 9.17) is 4.74 Å². The van der Waals surface area contributed by atoms with Crippen molar-refractivity contribution in [2.75, 3.05) is 7.11 Å². The largest absolute Gasteiger partial charge is 0.504 e. The fourth-order valence-corrected chi connectivity index (χ4v) is 1.95. The number of methoxy groups -OCH3 is 1. The van der Waals surface area contributed by atoms with Crippen LogP contribution in [0.25, 0.3) is 0 Å². The van der Waals surface area contributed by atoms with Crippen molar-refractivity contribution in [3.05, 3.63) is 23.8 Å². The molecule has 0 bridgehead atoms. The van der Waals surface area contributed by atoms with Gasteiger partial charge in [0, 0.05) is 24.8 Å². The maximum absolute atomic E-state index is 11.8. The summed E-state index contributed by atoms with van der Waals surface area (Å²) >= 11 is 0. The quantitative estimate of drug-likeness (QED) is 0.596. The van der Waals surface area contributed by atoms with Gasteiger partial charge in [-0.25, -0.2) is 0 Å². The number of unbranched alkanes of at least 4 members (excludes halogenated alkanes) is 2. The zero-order valence-corrected chi connectivity index (χ0v) is 14.5. The second kappa shape index (κ2) is 9.09. The molecular formula is C19H27NO3. The van der Waals surface area contributed by atoms with Crippen LogP contribution >= 0.6 is 0 Å². The number of phenols is 1. The average molecular weight is 317 g/mol. The highest BCUT2D eigenvalue weighted by Crippen LogP contribution is 2.26. The molecule has 23 heavy (non-hydrogen) atoms. The van der Waals surface area contributed by atoms with Gasteiger partial charge in [0.1, 0.15) is 0 Å². The highest BCUT2D eigenvalue weighted by Gasteiger charge is 2.05. The number of phenolic OH excluding ortho intramolecular Hbond substituents is 1. The maximum atomic E-state index is 11.8. The number of rotatable bonds is 7. The van der Waals surface area contributed by atoms with Gasteiger partial charge in [-0.3, -0.25) is 4.79 Å². The molecule has 0 spiro atoms. The minimum Gasteiger partial charge on any atom is -0.504 e. The molecule has 126 valence electrons. The number of hydrogen-bond donors (Lipinski definition) is 2. The molecule has 4 nitrogen and oxygen atoms in total. The van der Waals surface area contributed by atoms with E-state index >= 15 is 0 Å². The molecule has 0 atom stereocenters. The summed E-state index contributed by atoms with van der Waals surface area (Å²) in [6, 6.07) is 5.05. The Morgan fingerprint density at radius 1 is 1.30 bits per heavy atom. The molecule has 0 saturated heterocycles. The topological polar surface area (TPSA) is 58.6 Å². The predicted octanol–water partition coefficient (Wildman–Crippen LogP) is 3.63. The van der Waals surface area contributed by atoms with Gasteiger partial charge in [-0.2, -0.15) is 0 Å². The fourth-order valence-electron chi connectivity index (χ4n) is 1.95. The summed E-state index contributed by atoms with van der Waals surface area (Å²) in [7, 11) is 1.50. The molecule has 0 aliphatic heterocycles. The third-order valence-corrected chi connectivity index (χ3v) is 3.15. The molecular weight excluding hydrogens is 290 g/mol. The zero-order chi connectivity index (χ0) is 17.3. The molecule has 1 amide bonds. The van der Waals surface area contributed by atoms with Crippen LogP contribution in [0, 0.1) is 17.3 Å². The van der Waals surface area contributed by atoms with E-state index in [1.54, 1.807) is 18.2 Å². The molecule has 0 saturated carbocycles. The van der Waals surface area contributed by atoms with Gasteiger partial charge in [-0.1, -0.05) is 12.0 Å². The molecule has 0 radical (unpaired) electrons. The Morgan fingerprint density at radius 2 is 2.04 bits per heavy atom. The van der Waals surface area contributed by atoms with E-state index in [-0.39, 0.29) is 17.1 Å². The van der Waals surface area contributed by atoms with E-state index in [1.807, 2.05) is 0 Å². The summed E-state index contributed by atoms with van der Waals surface area (Å²) in [5.74, 6) is 6.88. The van der Waals surface area contributed by atoms with Gasteiger partial charge in [0.15, 0.2) is 11.5 Å². The van der Waals surface area contributed by atoms with Crippen LogP contribution in [0.5, 0.6) is 11.5 Å². The highest BCUT2D eigenvalue weighted by molar-refractivity contribution is 5.75. The van der Waals surface area contributed by atoms with Gasteiger partial charge in [0.05, 0.1) is 7.11 Å². The second-order valence-electron chi connectivity index (χ2n) is 6.54. The first-order valence-electron chi connectivity index (χ1n) is 7.94. The third kappa shape index (κ3) is 8.15. The van der Waals surface area contributed by atoms with Gasteiger partial charge in [0.2, 0.25) is 5.91 Å². The molecule has 2 N–H and O–H groups in total. The van der Waals surface area contributed by atoms with Crippen molar-refractivity contribution < 1.29 is 14.6 Å². The molecule has 0 unspecified atom stereocenters. The summed E-state index contributed by atoms with van der Waals surface area (Å²) in [4.78, 5) is 11.8. The monoisotopic (exact) mass is 317 g/mol. The first kappa shape index (κ1) is 18.9. The molecule has 1 aromatic rings. The van der Waals surface area contributed by atoms with Crippen LogP contribution in [-0.4, -0.2) is 18.1 Å². The lowest BCUT2D eigenvalue weighted by atomic mass is 9.97. The minimum absolute atomic E-state index is 0.0285. The zero-order valence-electron chi connectivity index (χ0n) is 14.5. The minimum atomic E-state index is 0.0285. The Labute approximate surface area is 139 Å². The normalized spacial score (nSPS) is 10.6. The first-order valence-corrected chi connectivity index (χ1v) is 7.94. The maximum Gasteiger partial charge on any atom is 0.220 e. The van der Waals surface area contributed by atoms with Gasteiger partial charge < -0.3 is 15.2 Å². The summed E-state index contributed by atoms with van der Waals surface area (Å²) in [6.07, 6.45) is 3.11. The van der Waals surface area contributed by atoms with Crippen molar-refractivity contribution in [1.29, 1.82) is 0 Å². The Balaban J connectivity index is 2.25. The van der Waals surface area contributed by atoms with Crippen molar-refractivity contribution >= 4 is 5.91 Å². The van der Waals surface area contributed by atoms with E-state index in [0.29, 0.717) is 18.7 Å². The predicted molar refractivity (Wildman–Crippen MR) is 92.2 cm³/mol. The standard InChI is InChI=1S/C19H27NO3/c1-19(2,3)12-8-6-5-7-9-18(22)20-14-15-10-11-16(21)17(13-15)23-4/h10-11,13,21H,5-7,9,14H2,1-4H3,(H,20,22). The van der Waals surface area contributed by atoms with E-state index in [1.165, 1.54) is 7.11 Å². The number of nitrogens with one attached hydrogen (secondary N) is 1. The van der Waals surface area contributed by atoms with Crippen LogP contribution in [-0.2, 0) is 11.3 Å². The number of hydrogen-bond acceptors (Lipinski definition) is 3. The van der Waals surface area contributed by atoms with Crippen LogP contribution < -0.4 is 10.1 Å². The molecule has 1 aromatic carbocycles. The van der Waals surface area contributed by atoms with Crippen molar-refractivity contribution in [3.63, 3.8) is 0 Å². The molecule has 0 aliphatic carbocycles. The molecule has 0 heterocycles. The van der Waals surface area contributed by atoms with Gasteiger partial charge in [-0.15, -0.1) is 5.92 Å². The number of carbonyl (C=O) groups is 1. The molecule has 0 aromatic heterocycles. The van der Waals surface area contributed by atoms with E-state index in [9.17, 15) is 9.90 Å².